The molecule has 15 heavy (non-hydrogen) atoms. The van der Waals surface area contributed by atoms with Crippen molar-refractivity contribution in [1.29, 1.82) is 0 Å². The number of hydrogen-bond donors (Lipinski definition) is 1. The van der Waals surface area contributed by atoms with Crippen LogP contribution >= 0.6 is 0 Å². The summed E-state index contributed by atoms with van der Waals surface area (Å²) < 4.78 is 13.6. The normalized spacial score (nSPS) is 10.8. The zero-order chi connectivity index (χ0) is 11.4. The zero-order valence-corrected chi connectivity index (χ0v) is 9.84. The van der Waals surface area contributed by atoms with Crippen molar-refractivity contribution in [2.24, 2.45) is 0 Å². The second kappa shape index (κ2) is 5.12. The van der Waals surface area contributed by atoms with Crippen LogP contribution in [0.1, 0.15) is 19.4 Å². The highest BCUT2D eigenvalue weighted by Crippen LogP contribution is 2.22. The Hall–Kier alpha value is -1.09. The Balaban J connectivity index is 2.91. The molecular formula is C12H19FN2. The predicted molar refractivity (Wildman–Crippen MR) is 62.7 cm³/mol. The topological polar surface area (TPSA) is 15.3 Å². The van der Waals surface area contributed by atoms with Crippen molar-refractivity contribution >= 4 is 5.69 Å². The number of rotatable bonds is 4. The molecule has 0 unspecified atom stereocenters. The molecular weight excluding hydrogens is 191 g/mol. The van der Waals surface area contributed by atoms with Gasteiger partial charge in [-0.3, -0.25) is 0 Å². The van der Waals surface area contributed by atoms with Crippen LogP contribution in [-0.4, -0.2) is 20.1 Å². The van der Waals surface area contributed by atoms with E-state index in [0.29, 0.717) is 18.3 Å². The summed E-state index contributed by atoms with van der Waals surface area (Å²) in [4.78, 5) is 1.81. The average Bonchev–Trinajstić information content (AvgIpc) is 2.13. The Morgan fingerprint density at radius 3 is 2.53 bits per heavy atom. The van der Waals surface area contributed by atoms with Crippen LogP contribution in [0.3, 0.4) is 0 Å². The fraction of sp³-hybridized carbons (Fsp3) is 0.500. The molecule has 0 saturated carbocycles. The van der Waals surface area contributed by atoms with E-state index in [9.17, 15) is 4.39 Å². The molecule has 0 aliphatic heterocycles. The molecule has 0 aliphatic carbocycles. The van der Waals surface area contributed by atoms with Gasteiger partial charge in [0.15, 0.2) is 0 Å². The van der Waals surface area contributed by atoms with Crippen molar-refractivity contribution in [3.63, 3.8) is 0 Å². The molecule has 0 atom stereocenters. The standard InChI is InChI=1S/C12H19FN2/c1-9(2)14-8-10-6-5-7-11(13)12(10)15(3)4/h5-7,9,14H,8H2,1-4H3. The third-order valence-corrected chi connectivity index (χ3v) is 2.22. The molecule has 0 amide bonds. The van der Waals surface area contributed by atoms with Crippen molar-refractivity contribution in [3.05, 3.63) is 29.6 Å². The van der Waals surface area contributed by atoms with Crippen LogP contribution in [0.4, 0.5) is 10.1 Å². The Kier molecular flexibility index (Phi) is 4.09. The molecule has 1 aromatic rings. The van der Waals surface area contributed by atoms with Crippen LogP contribution in [-0.2, 0) is 6.54 Å². The van der Waals surface area contributed by atoms with Gasteiger partial charge in [-0.15, -0.1) is 0 Å². The number of para-hydroxylation sites is 1. The molecule has 0 fully saturated rings. The second-order valence-electron chi connectivity index (χ2n) is 4.18. The minimum atomic E-state index is -0.164. The van der Waals surface area contributed by atoms with Gasteiger partial charge >= 0.3 is 0 Å². The maximum absolute atomic E-state index is 13.6. The minimum absolute atomic E-state index is 0.164. The molecule has 0 spiro atoms. The molecule has 0 heterocycles. The van der Waals surface area contributed by atoms with E-state index in [-0.39, 0.29) is 5.82 Å². The van der Waals surface area contributed by atoms with Crippen LogP contribution in [0.25, 0.3) is 0 Å². The number of benzene rings is 1. The summed E-state index contributed by atoms with van der Waals surface area (Å²) in [6.07, 6.45) is 0. The lowest BCUT2D eigenvalue weighted by atomic mass is 10.1. The van der Waals surface area contributed by atoms with Gasteiger partial charge in [0.1, 0.15) is 5.82 Å². The van der Waals surface area contributed by atoms with E-state index in [2.05, 4.69) is 19.2 Å². The highest BCUT2D eigenvalue weighted by atomic mass is 19.1. The maximum atomic E-state index is 13.6. The summed E-state index contributed by atoms with van der Waals surface area (Å²) >= 11 is 0. The minimum Gasteiger partial charge on any atom is -0.375 e. The van der Waals surface area contributed by atoms with E-state index in [4.69, 9.17) is 0 Å². The number of nitrogens with one attached hydrogen (secondary N) is 1. The second-order valence-corrected chi connectivity index (χ2v) is 4.18. The van der Waals surface area contributed by atoms with E-state index in [1.165, 1.54) is 6.07 Å². The summed E-state index contributed by atoms with van der Waals surface area (Å²) in [7, 11) is 3.72. The van der Waals surface area contributed by atoms with Crippen molar-refractivity contribution in [2.45, 2.75) is 26.4 Å². The van der Waals surface area contributed by atoms with Gasteiger partial charge in [0.25, 0.3) is 0 Å². The molecule has 2 nitrogen and oxygen atoms in total. The largest absolute Gasteiger partial charge is 0.375 e. The third kappa shape index (κ3) is 3.20. The van der Waals surface area contributed by atoms with E-state index in [1.807, 2.05) is 25.1 Å². The van der Waals surface area contributed by atoms with E-state index in [0.717, 1.165) is 5.56 Å². The van der Waals surface area contributed by atoms with Crippen LogP contribution in [0.5, 0.6) is 0 Å². The SMILES string of the molecule is CC(C)NCc1cccc(F)c1N(C)C. The Labute approximate surface area is 91.1 Å². The molecule has 0 radical (unpaired) electrons. The smallest absolute Gasteiger partial charge is 0.146 e. The summed E-state index contributed by atoms with van der Waals surface area (Å²) in [6.45, 7) is 4.85. The fourth-order valence-corrected chi connectivity index (χ4v) is 1.52. The summed E-state index contributed by atoms with van der Waals surface area (Å²) in [6, 6.07) is 5.60. The lowest BCUT2D eigenvalue weighted by Gasteiger charge is -2.19. The van der Waals surface area contributed by atoms with Crippen LogP contribution in [0.15, 0.2) is 18.2 Å². The number of halogens is 1. The van der Waals surface area contributed by atoms with Gasteiger partial charge in [-0.1, -0.05) is 26.0 Å². The van der Waals surface area contributed by atoms with Gasteiger partial charge in [-0.2, -0.15) is 0 Å². The fourth-order valence-electron chi connectivity index (χ4n) is 1.52. The van der Waals surface area contributed by atoms with E-state index < -0.39 is 0 Å². The van der Waals surface area contributed by atoms with E-state index >= 15 is 0 Å². The first kappa shape index (κ1) is 12.0. The molecule has 0 aliphatic rings. The van der Waals surface area contributed by atoms with Gasteiger partial charge < -0.3 is 10.2 Å². The highest BCUT2D eigenvalue weighted by molar-refractivity contribution is 5.53. The van der Waals surface area contributed by atoms with Gasteiger partial charge in [-0.05, 0) is 11.6 Å². The third-order valence-electron chi connectivity index (χ3n) is 2.22. The van der Waals surface area contributed by atoms with Crippen molar-refractivity contribution < 1.29 is 4.39 Å². The van der Waals surface area contributed by atoms with Crippen molar-refractivity contribution in [2.75, 3.05) is 19.0 Å². The molecule has 1 aromatic carbocycles. The summed E-state index contributed by atoms with van der Waals surface area (Å²) in [5.41, 5.74) is 1.67. The number of nitrogens with zero attached hydrogens (tertiary/aromatic N) is 1. The monoisotopic (exact) mass is 210 g/mol. The predicted octanol–water partition coefficient (Wildman–Crippen LogP) is 2.39. The van der Waals surface area contributed by atoms with Crippen molar-refractivity contribution in [3.8, 4) is 0 Å². The van der Waals surface area contributed by atoms with E-state index in [1.54, 1.807) is 6.07 Å². The number of hydrogen-bond acceptors (Lipinski definition) is 2. The molecule has 1 rings (SSSR count). The van der Waals surface area contributed by atoms with Gasteiger partial charge in [-0.25, -0.2) is 4.39 Å². The van der Waals surface area contributed by atoms with Crippen LogP contribution in [0, 0.1) is 5.82 Å². The zero-order valence-electron chi connectivity index (χ0n) is 9.84. The van der Waals surface area contributed by atoms with Gasteiger partial charge in [0.05, 0.1) is 5.69 Å². The first-order chi connectivity index (χ1) is 7.02. The Morgan fingerprint density at radius 1 is 1.33 bits per heavy atom. The average molecular weight is 210 g/mol. The van der Waals surface area contributed by atoms with Crippen LogP contribution < -0.4 is 10.2 Å². The first-order valence-electron chi connectivity index (χ1n) is 5.20. The maximum Gasteiger partial charge on any atom is 0.146 e. The van der Waals surface area contributed by atoms with Gasteiger partial charge in [0, 0.05) is 26.7 Å². The molecule has 0 aromatic heterocycles. The first-order valence-corrected chi connectivity index (χ1v) is 5.20. The quantitative estimate of drug-likeness (QED) is 0.821. The lowest BCUT2D eigenvalue weighted by Crippen LogP contribution is -2.24. The summed E-state index contributed by atoms with van der Waals surface area (Å²) in [5.74, 6) is -0.164. The summed E-state index contributed by atoms with van der Waals surface area (Å²) in [5, 5.41) is 3.29. The van der Waals surface area contributed by atoms with Crippen molar-refractivity contribution in [1.82, 2.24) is 5.32 Å². The molecule has 0 bridgehead atoms. The van der Waals surface area contributed by atoms with Crippen LogP contribution in [0.2, 0.25) is 0 Å². The molecule has 3 heteroatoms. The molecule has 1 N–H and O–H groups in total. The molecule has 0 saturated heterocycles. The lowest BCUT2D eigenvalue weighted by molar-refractivity contribution is 0.581. The van der Waals surface area contributed by atoms with Gasteiger partial charge in [0.2, 0.25) is 0 Å². The highest BCUT2D eigenvalue weighted by Gasteiger charge is 2.09. The molecule has 84 valence electrons. The Bertz CT molecular complexity index is 321. The Morgan fingerprint density at radius 2 is 2.00 bits per heavy atom. The number of anilines is 1.